The zero-order chi connectivity index (χ0) is 48.1. The third-order valence-electron chi connectivity index (χ3n) is 11.3. The van der Waals surface area contributed by atoms with E-state index in [0.717, 1.165) is 61.9 Å². The number of rotatable bonds is 39. The van der Waals surface area contributed by atoms with Crippen molar-refractivity contribution in [3.8, 4) is 0 Å². The Balaban J connectivity index is 1.78. The van der Waals surface area contributed by atoms with Crippen LogP contribution in [0.5, 0.6) is 0 Å². The largest absolute Gasteiger partial charge is 0.481 e. The highest BCUT2D eigenvalue weighted by Gasteiger charge is 2.46. The molecule has 3 unspecified atom stereocenters. The first-order valence-corrected chi connectivity index (χ1v) is 27.3. The van der Waals surface area contributed by atoms with Gasteiger partial charge in [-0.2, -0.15) is 9.29 Å². The van der Waals surface area contributed by atoms with E-state index in [1.165, 1.54) is 95.7 Å². The number of hydrogen-bond acceptors (Lipinski definition) is 15. The van der Waals surface area contributed by atoms with Crippen molar-refractivity contribution >= 4 is 33.4 Å². The van der Waals surface area contributed by atoms with E-state index in [1.807, 2.05) is 0 Å². The first kappa shape index (κ1) is 58.9. The Labute approximate surface area is 387 Å². The fourth-order valence-corrected chi connectivity index (χ4v) is 9.62. The molecule has 20 heteroatoms. The third kappa shape index (κ3) is 28.0. The summed E-state index contributed by atoms with van der Waals surface area (Å²) in [5.41, 5.74) is 4.58. The molecular weight excluding hydrogens is 884 g/mol. The molecule has 0 saturated carbocycles. The molecule has 0 spiro atoms. The number of phosphoric ester groups is 2. The van der Waals surface area contributed by atoms with E-state index in [1.54, 1.807) is 0 Å². The molecule has 1 fully saturated rings. The summed E-state index contributed by atoms with van der Waals surface area (Å²) in [6.07, 6.45) is 19.5. The standard InChI is InChI=1S/C45H83N3O15P2/c1-35(2)26-22-18-14-11-9-7-5-6-8-10-12-16-20-24-28-40(49)58-32-37(61-41(50)29-25-21-17-13-15-19-23-27-36(3)4)33-59-64(54,55)63-65(56,57)60-34-38-42(51)43(52)44(62-38)48-31-30-39(46)47-45(48)53/h30-31,35-38,42-44,51-52H,5-29,32-34H2,1-4H3,(H,54,55)(H,56,57)(H2,46,47,53)/t37-,38-,42+,43?,44-/m1/s1. The second-order valence-corrected chi connectivity index (χ2v) is 21.3. The first-order valence-electron chi connectivity index (χ1n) is 24.3. The maximum absolute atomic E-state index is 12.8. The Morgan fingerprint density at radius 3 is 1.62 bits per heavy atom. The summed E-state index contributed by atoms with van der Waals surface area (Å²) in [6, 6.07) is 1.25. The van der Waals surface area contributed by atoms with Crippen LogP contribution >= 0.6 is 15.6 Å². The van der Waals surface area contributed by atoms with Gasteiger partial charge in [0.05, 0.1) is 13.2 Å². The Kier molecular flexibility index (Phi) is 30.2. The average Bonchev–Trinajstić information content (AvgIpc) is 3.51. The molecule has 7 atom stereocenters. The molecule has 6 N–H and O–H groups in total. The van der Waals surface area contributed by atoms with Gasteiger partial charge in [-0.05, 0) is 30.7 Å². The minimum Gasteiger partial charge on any atom is -0.462 e. The molecule has 0 bridgehead atoms. The molecule has 0 radical (unpaired) electrons. The van der Waals surface area contributed by atoms with E-state index in [4.69, 9.17) is 29.0 Å². The second-order valence-electron chi connectivity index (χ2n) is 18.3. The molecule has 65 heavy (non-hydrogen) atoms. The maximum atomic E-state index is 12.8. The van der Waals surface area contributed by atoms with Crippen molar-refractivity contribution in [2.75, 3.05) is 25.6 Å². The quantitative estimate of drug-likeness (QED) is 0.0234. The minimum atomic E-state index is -5.41. The summed E-state index contributed by atoms with van der Waals surface area (Å²) in [5.74, 6) is 0.202. The Morgan fingerprint density at radius 2 is 1.14 bits per heavy atom. The normalized spacial score (nSPS) is 19.9. The summed E-state index contributed by atoms with van der Waals surface area (Å²) >= 11 is 0. The van der Waals surface area contributed by atoms with E-state index in [0.29, 0.717) is 18.8 Å². The molecule has 378 valence electrons. The monoisotopic (exact) mass is 968 g/mol. The predicted molar refractivity (Wildman–Crippen MR) is 247 cm³/mol. The fraction of sp³-hybridized carbons (Fsp3) is 0.867. The van der Waals surface area contributed by atoms with Crippen molar-refractivity contribution < 1.29 is 66.3 Å². The van der Waals surface area contributed by atoms with Gasteiger partial charge in [-0.3, -0.25) is 23.2 Å². The van der Waals surface area contributed by atoms with Gasteiger partial charge in [0.1, 0.15) is 30.7 Å². The van der Waals surface area contributed by atoms with E-state index in [2.05, 4.69) is 37.0 Å². The number of carbonyl (C=O) groups excluding carboxylic acids is 2. The molecule has 0 aromatic carbocycles. The highest BCUT2D eigenvalue weighted by Crippen LogP contribution is 2.60. The summed E-state index contributed by atoms with van der Waals surface area (Å²) in [5, 5.41) is 20.9. The lowest BCUT2D eigenvalue weighted by Crippen LogP contribution is -2.36. The number of carbonyl (C=O) groups is 2. The van der Waals surface area contributed by atoms with Gasteiger partial charge in [0.25, 0.3) is 0 Å². The number of nitrogen functional groups attached to an aromatic ring is 1. The van der Waals surface area contributed by atoms with Gasteiger partial charge in [-0.1, -0.05) is 163 Å². The van der Waals surface area contributed by atoms with Gasteiger partial charge in [0.15, 0.2) is 12.3 Å². The number of aromatic nitrogens is 2. The van der Waals surface area contributed by atoms with Crippen molar-refractivity contribution in [2.24, 2.45) is 11.8 Å². The number of aliphatic hydroxyl groups is 2. The molecule has 0 amide bonds. The number of nitrogens with two attached hydrogens (primary N) is 1. The van der Waals surface area contributed by atoms with Crippen molar-refractivity contribution in [1.82, 2.24) is 9.55 Å². The lowest BCUT2D eigenvalue weighted by molar-refractivity contribution is -0.161. The van der Waals surface area contributed by atoms with Crippen LogP contribution in [0.15, 0.2) is 17.1 Å². The lowest BCUT2D eigenvalue weighted by atomic mass is 10.0. The Morgan fingerprint density at radius 1 is 0.692 bits per heavy atom. The number of phosphoric acid groups is 2. The molecular formula is C45H83N3O15P2. The SMILES string of the molecule is CC(C)CCCCCCCCCCCCCCCCC(=O)OC[C@H](COP(=O)(O)OP(=O)(O)OC[C@H]1O[C@@H](n2ccc(N)nc2=O)C(O)[C@H]1O)OC(=O)CCCCCCCCCC(C)C. The van der Waals surface area contributed by atoms with E-state index in [9.17, 15) is 43.5 Å². The van der Waals surface area contributed by atoms with E-state index < -0.39 is 83.7 Å². The topological polar surface area (TPSA) is 265 Å². The molecule has 1 aromatic rings. The number of nitrogens with zero attached hydrogens (tertiary/aromatic N) is 2. The summed E-state index contributed by atoms with van der Waals surface area (Å²) in [6.45, 7) is 6.70. The molecule has 1 aliphatic rings. The van der Waals surface area contributed by atoms with Crippen molar-refractivity contribution in [3.05, 3.63) is 22.7 Å². The van der Waals surface area contributed by atoms with Crippen molar-refractivity contribution in [1.29, 1.82) is 0 Å². The predicted octanol–water partition coefficient (Wildman–Crippen LogP) is 9.21. The van der Waals surface area contributed by atoms with Gasteiger partial charge in [-0.25, -0.2) is 13.9 Å². The molecule has 1 aliphatic heterocycles. The van der Waals surface area contributed by atoms with Crippen LogP contribution in [0.4, 0.5) is 5.82 Å². The van der Waals surface area contributed by atoms with Crippen LogP contribution in [-0.4, -0.2) is 85.7 Å². The van der Waals surface area contributed by atoms with E-state index in [-0.39, 0.29) is 18.7 Å². The van der Waals surface area contributed by atoms with Crippen LogP contribution in [0.1, 0.15) is 194 Å². The van der Waals surface area contributed by atoms with E-state index >= 15 is 0 Å². The maximum Gasteiger partial charge on any atom is 0.481 e. The van der Waals surface area contributed by atoms with Crippen LogP contribution in [-0.2, 0) is 46.3 Å². The van der Waals surface area contributed by atoms with Gasteiger partial charge >= 0.3 is 33.3 Å². The number of hydrogen-bond donors (Lipinski definition) is 5. The number of aliphatic hydroxyl groups excluding tert-OH is 2. The second kappa shape index (κ2) is 33.3. The fourth-order valence-electron chi connectivity index (χ4n) is 7.51. The average molecular weight is 968 g/mol. The Hall–Kier alpha value is -2.24. The molecule has 2 rings (SSSR count). The first-order chi connectivity index (χ1) is 30.9. The summed E-state index contributed by atoms with van der Waals surface area (Å²) in [4.78, 5) is 61.7. The number of ether oxygens (including phenoxy) is 3. The smallest absolute Gasteiger partial charge is 0.462 e. The van der Waals surface area contributed by atoms with Crippen LogP contribution in [0.25, 0.3) is 0 Å². The molecule has 1 saturated heterocycles. The molecule has 0 aliphatic carbocycles. The zero-order valence-corrected chi connectivity index (χ0v) is 41.4. The van der Waals surface area contributed by atoms with Crippen LogP contribution in [0.2, 0.25) is 0 Å². The summed E-state index contributed by atoms with van der Waals surface area (Å²) < 4.78 is 56.6. The third-order valence-corrected chi connectivity index (χ3v) is 13.9. The van der Waals surface area contributed by atoms with Gasteiger partial charge in [-0.15, -0.1) is 0 Å². The molecule has 1 aromatic heterocycles. The highest BCUT2D eigenvalue weighted by atomic mass is 31.3. The van der Waals surface area contributed by atoms with Gasteiger partial charge in [0, 0.05) is 19.0 Å². The Bertz CT molecular complexity index is 1620. The lowest BCUT2D eigenvalue weighted by Gasteiger charge is -2.21. The van der Waals surface area contributed by atoms with Gasteiger partial charge < -0.3 is 39.9 Å². The molecule has 2 heterocycles. The number of anilines is 1. The van der Waals surface area contributed by atoms with Crippen LogP contribution < -0.4 is 11.4 Å². The number of esters is 2. The van der Waals surface area contributed by atoms with Crippen molar-refractivity contribution in [3.63, 3.8) is 0 Å². The summed E-state index contributed by atoms with van der Waals surface area (Å²) in [7, 11) is -10.8. The van der Waals surface area contributed by atoms with Crippen LogP contribution in [0, 0.1) is 11.8 Å². The van der Waals surface area contributed by atoms with Crippen LogP contribution in [0.3, 0.4) is 0 Å². The highest BCUT2D eigenvalue weighted by molar-refractivity contribution is 7.61. The van der Waals surface area contributed by atoms with Crippen molar-refractivity contribution in [2.45, 2.75) is 219 Å². The molecule has 18 nitrogen and oxygen atoms in total. The van der Waals surface area contributed by atoms with Gasteiger partial charge in [0.2, 0.25) is 0 Å². The number of unbranched alkanes of at least 4 members (excludes halogenated alkanes) is 19. The minimum absolute atomic E-state index is 0.0531. The zero-order valence-electron chi connectivity index (χ0n) is 39.6.